The highest BCUT2D eigenvalue weighted by atomic mass is 35.5. The van der Waals surface area contributed by atoms with Crippen LogP contribution in [0.3, 0.4) is 0 Å². The molecule has 3 aliphatic rings. The molecular weight excluding hydrogens is 499 g/mol. The largest absolute Gasteiger partial charge is 0.548 e. The first-order chi connectivity index (χ1) is 16.7. The number of allylic oxidation sites excluding steroid dienone is 2. The van der Waals surface area contributed by atoms with E-state index < -0.39 is 8.32 Å². The summed E-state index contributed by atoms with van der Waals surface area (Å²) in [4.78, 5) is 19.2. The zero-order chi connectivity index (χ0) is 25.3. The Balaban J connectivity index is 0.000000167. The number of hydrogen-bond donors (Lipinski definition) is 0. The highest BCUT2D eigenvalue weighted by Crippen LogP contribution is 2.34. The average Bonchev–Trinajstić information content (AvgIpc) is 3.59. The molecule has 1 aliphatic heterocycles. The minimum absolute atomic E-state index is 0.361. The Morgan fingerprint density at radius 2 is 1.54 bits per heavy atom. The van der Waals surface area contributed by atoms with Crippen LogP contribution >= 0.6 is 23.2 Å². The van der Waals surface area contributed by atoms with Crippen molar-refractivity contribution in [1.82, 2.24) is 9.97 Å². The van der Waals surface area contributed by atoms with E-state index in [0.29, 0.717) is 40.8 Å². The summed E-state index contributed by atoms with van der Waals surface area (Å²) in [5.74, 6) is 2.33. The fraction of sp³-hybridized carbons (Fsp3) is 0.519. The van der Waals surface area contributed by atoms with E-state index in [0.717, 1.165) is 43.8 Å². The second-order valence-corrected chi connectivity index (χ2v) is 15.3. The van der Waals surface area contributed by atoms with Crippen LogP contribution in [0.15, 0.2) is 48.5 Å². The van der Waals surface area contributed by atoms with Crippen molar-refractivity contribution in [2.45, 2.75) is 76.4 Å². The minimum Gasteiger partial charge on any atom is -0.548 e. The van der Waals surface area contributed by atoms with Gasteiger partial charge >= 0.3 is 0 Å². The molecule has 2 aromatic heterocycles. The second-order valence-electron chi connectivity index (χ2n) is 10.1. The van der Waals surface area contributed by atoms with Gasteiger partial charge in [0.15, 0.2) is 0 Å². The molecule has 2 fully saturated rings. The van der Waals surface area contributed by atoms with Crippen LogP contribution < -0.4 is 0 Å². The van der Waals surface area contributed by atoms with Crippen molar-refractivity contribution < 1.29 is 14.0 Å². The predicted molar refractivity (Wildman–Crippen MR) is 145 cm³/mol. The monoisotopic (exact) mass is 534 g/mol. The van der Waals surface area contributed by atoms with Gasteiger partial charge in [-0.25, -0.2) is 9.97 Å². The van der Waals surface area contributed by atoms with Gasteiger partial charge in [-0.3, -0.25) is 4.79 Å². The van der Waals surface area contributed by atoms with E-state index in [2.05, 4.69) is 35.7 Å². The molecular formula is C27H36Cl2N2O3Si. The van der Waals surface area contributed by atoms with Crippen molar-refractivity contribution in [1.29, 1.82) is 0 Å². The van der Waals surface area contributed by atoms with Gasteiger partial charge in [0.1, 0.15) is 16.1 Å². The normalized spacial score (nSPS) is 21.5. The number of aromatic nitrogens is 2. The van der Waals surface area contributed by atoms with E-state index in [9.17, 15) is 4.79 Å². The standard InChI is InChI=1S/C13H18ClNOSi.C10H10ClNO.C4H8O/c1-17(2,3)16-12-6-4-10(8-12)11-5-7-13(14)15-9-11;11-10-4-2-8(6-12-10)7-1-3-9(13)5-7;1-2-4-5-3-1/h5,7-10H,4,6H2,1-3H3;2,4,6-7H,1,3,5H2;1-4H2. The van der Waals surface area contributed by atoms with Crippen LogP contribution in [0.2, 0.25) is 29.9 Å². The van der Waals surface area contributed by atoms with E-state index in [-0.39, 0.29) is 0 Å². The van der Waals surface area contributed by atoms with E-state index in [1.54, 1.807) is 12.3 Å². The Morgan fingerprint density at radius 1 is 0.914 bits per heavy atom. The van der Waals surface area contributed by atoms with Gasteiger partial charge in [-0.15, -0.1) is 0 Å². The zero-order valence-electron chi connectivity index (χ0n) is 20.9. The molecule has 8 heteroatoms. The molecule has 5 rings (SSSR count). The molecule has 2 aromatic rings. The van der Waals surface area contributed by atoms with Crippen LogP contribution in [-0.2, 0) is 14.0 Å². The van der Waals surface area contributed by atoms with E-state index >= 15 is 0 Å². The third kappa shape index (κ3) is 10.0. The zero-order valence-corrected chi connectivity index (χ0v) is 23.4. The van der Waals surface area contributed by atoms with Gasteiger partial charge in [-0.05, 0) is 80.6 Å². The summed E-state index contributed by atoms with van der Waals surface area (Å²) in [5.41, 5.74) is 2.36. The summed E-state index contributed by atoms with van der Waals surface area (Å²) < 4.78 is 11.0. The molecule has 35 heavy (non-hydrogen) atoms. The van der Waals surface area contributed by atoms with Crippen molar-refractivity contribution in [2.75, 3.05) is 13.2 Å². The third-order valence-electron chi connectivity index (χ3n) is 6.00. The van der Waals surface area contributed by atoms with Crippen molar-refractivity contribution >= 4 is 37.3 Å². The van der Waals surface area contributed by atoms with Crippen LogP contribution in [-0.4, -0.2) is 37.3 Å². The predicted octanol–water partition coefficient (Wildman–Crippen LogP) is 7.72. The molecule has 190 valence electrons. The summed E-state index contributed by atoms with van der Waals surface area (Å²) in [5, 5.41) is 1.06. The van der Waals surface area contributed by atoms with Crippen molar-refractivity contribution in [3.8, 4) is 0 Å². The number of rotatable bonds is 4. The Hall–Kier alpha value is -1.73. The summed E-state index contributed by atoms with van der Waals surface area (Å²) in [7, 11) is -1.47. The van der Waals surface area contributed by atoms with Crippen LogP contribution in [0.1, 0.15) is 67.9 Å². The first kappa shape index (κ1) is 27.8. The number of carbonyl (C=O) groups excluding carboxylic acids is 1. The SMILES string of the molecule is C1CCOC1.C[Si](C)(C)OC1=CC(c2ccc(Cl)nc2)CC1.O=C1CCC(c2ccc(Cl)nc2)C1. The van der Waals surface area contributed by atoms with Gasteiger partial charge in [0.25, 0.3) is 0 Å². The minimum atomic E-state index is -1.47. The molecule has 1 saturated carbocycles. The Morgan fingerprint density at radius 3 is 2.00 bits per heavy atom. The summed E-state index contributed by atoms with van der Waals surface area (Å²) in [6, 6.07) is 7.63. The molecule has 0 bridgehead atoms. The summed E-state index contributed by atoms with van der Waals surface area (Å²) in [6.45, 7) is 8.64. The number of ether oxygens (including phenoxy) is 1. The van der Waals surface area contributed by atoms with Gasteiger partial charge in [-0.2, -0.15) is 0 Å². The first-order valence-electron chi connectivity index (χ1n) is 12.4. The quantitative estimate of drug-likeness (QED) is 0.296. The maximum Gasteiger partial charge on any atom is 0.241 e. The Kier molecular flexibility index (Phi) is 10.8. The lowest BCUT2D eigenvalue weighted by Crippen LogP contribution is -2.24. The van der Waals surface area contributed by atoms with Crippen LogP contribution in [0.4, 0.5) is 0 Å². The maximum atomic E-state index is 11.0. The molecule has 0 radical (unpaired) electrons. The Labute approximate surface area is 220 Å². The fourth-order valence-corrected chi connectivity index (χ4v) is 5.45. The smallest absolute Gasteiger partial charge is 0.241 e. The lowest BCUT2D eigenvalue weighted by atomic mass is 10.00. The van der Waals surface area contributed by atoms with Crippen molar-refractivity contribution in [3.63, 3.8) is 0 Å². The number of carbonyl (C=O) groups is 1. The van der Waals surface area contributed by atoms with E-state index in [1.165, 1.54) is 18.4 Å². The van der Waals surface area contributed by atoms with Crippen LogP contribution in [0.25, 0.3) is 0 Å². The third-order valence-corrected chi connectivity index (χ3v) is 7.32. The molecule has 0 amide bonds. The van der Waals surface area contributed by atoms with Gasteiger partial charge in [0.2, 0.25) is 8.32 Å². The number of nitrogens with zero attached hydrogens (tertiary/aromatic N) is 2. The highest BCUT2D eigenvalue weighted by molar-refractivity contribution is 6.70. The summed E-state index contributed by atoms with van der Waals surface area (Å²) in [6.07, 6.45) is 12.9. The first-order valence-corrected chi connectivity index (χ1v) is 16.6. The van der Waals surface area contributed by atoms with Crippen molar-refractivity contribution in [2.24, 2.45) is 0 Å². The molecule has 2 atom stereocenters. The topological polar surface area (TPSA) is 61.3 Å². The molecule has 2 unspecified atom stereocenters. The molecule has 3 heterocycles. The molecule has 0 aromatic carbocycles. The molecule has 0 N–H and O–H groups in total. The molecule has 2 aliphatic carbocycles. The number of Topliss-reactive ketones (excluding diaryl/α,β-unsaturated/α-hetero) is 1. The number of hydrogen-bond acceptors (Lipinski definition) is 5. The lowest BCUT2D eigenvalue weighted by Gasteiger charge is -2.19. The summed E-state index contributed by atoms with van der Waals surface area (Å²) >= 11 is 11.5. The fourth-order valence-electron chi connectivity index (χ4n) is 4.27. The van der Waals surface area contributed by atoms with E-state index in [4.69, 9.17) is 32.4 Å². The van der Waals surface area contributed by atoms with Crippen LogP contribution in [0.5, 0.6) is 0 Å². The maximum absolute atomic E-state index is 11.0. The van der Waals surface area contributed by atoms with E-state index in [1.807, 2.05) is 24.4 Å². The number of halogens is 2. The molecule has 5 nitrogen and oxygen atoms in total. The van der Waals surface area contributed by atoms with Gasteiger partial charge < -0.3 is 9.16 Å². The number of ketones is 1. The van der Waals surface area contributed by atoms with Gasteiger partial charge in [-0.1, -0.05) is 35.3 Å². The average molecular weight is 536 g/mol. The van der Waals surface area contributed by atoms with Crippen molar-refractivity contribution in [3.05, 3.63) is 69.9 Å². The second kappa shape index (κ2) is 13.5. The number of pyridine rings is 2. The molecule has 1 saturated heterocycles. The van der Waals surface area contributed by atoms with Gasteiger partial charge in [0, 0.05) is 50.8 Å². The molecule has 0 spiro atoms. The van der Waals surface area contributed by atoms with Gasteiger partial charge in [0.05, 0.1) is 5.76 Å². The van der Waals surface area contributed by atoms with Crippen LogP contribution in [0, 0.1) is 0 Å². The highest BCUT2D eigenvalue weighted by Gasteiger charge is 2.24. The lowest BCUT2D eigenvalue weighted by molar-refractivity contribution is -0.117. The Bertz CT molecular complexity index is 964.